The largest absolute Gasteiger partial charge is 0.352 e. The van der Waals surface area contributed by atoms with Gasteiger partial charge in [-0.2, -0.15) is 0 Å². The van der Waals surface area contributed by atoms with E-state index in [4.69, 9.17) is 0 Å². The summed E-state index contributed by atoms with van der Waals surface area (Å²) in [6.45, 7) is 2.92. The first-order valence-electron chi connectivity index (χ1n) is 7.87. The minimum Gasteiger partial charge on any atom is -0.352 e. The Morgan fingerprint density at radius 1 is 0.815 bits per heavy atom. The normalized spacial score (nSPS) is 10.4. The van der Waals surface area contributed by atoms with E-state index in [0.717, 1.165) is 36.4 Å². The summed E-state index contributed by atoms with van der Waals surface area (Å²) in [5.74, 6) is -4.00. The van der Waals surface area contributed by atoms with E-state index in [0.29, 0.717) is 0 Å². The summed E-state index contributed by atoms with van der Waals surface area (Å²) in [7, 11) is 0. The molecule has 27 heavy (non-hydrogen) atoms. The molecule has 0 saturated carbocycles. The Balaban J connectivity index is 1.83. The van der Waals surface area contributed by atoms with Gasteiger partial charge in [0.15, 0.2) is 0 Å². The van der Waals surface area contributed by atoms with E-state index in [-0.39, 0.29) is 29.8 Å². The highest BCUT2D eigenvalue weighted by Gasteiger charge is 2.13. The van der Waals surface area contributed by atoms with Gasteiger partial charge in [0.25, 0.3) is 0 Å². The third-order valence-electron chi connectivity index (χ3n) is 3.63. The second kappa shape index (κ2) is 8.98. The molecule has 2 aromatic rings. The van der Waals surface area contributed by atoms with Crippen LogP contribution in [0.25, 0.3) is 0 Å². The van der Waals surface area contributed by atoms with Crippen molar-refractivity contribution in [1.29, 1.82) is 0 Å². The number of carbonyl (C=O) groups excluding carboxylic acids is 2. The monoisotopic (exact) mass is 380 g/mol. The van der Waals surface area contributed by atoms with Crippen molar-refractivity contribution in [2.75, 3.05) is 0 Å². The van der Waals surface area contributed by atoms with Crippen molar-refractivity contribution < 1.29 is 27.2 Å². The first kappa shape index (κ1) is 20.2. The maximum absolute atomic E-state index is 13.5. The molecule has 0 aliphatic carbocycles. The van der Waals surface area contributed by atoms with Crippen molar-refractivity contribution in [2.45, 2.75) is 19.5 Å². The molecule has 0 aliphatic heterocycles. The second-order valence-electron chi connectivity index (χ2n) is 5.71. The Morgan fingerprint density at radius 2 is 1.30 bits per heavy atom. The number of nitrogens with one attached hydrogen (secondary N) is 2. The van der Waals surface area contributed by atoms with Crippen LogP contribution >= 0.6 is 0 Å². The average molecular weight is 380 g/mol. The molecule has 0 bridgehead atoms. The predicted molar refractivity (Wildman–Crippen MR) is 90.2 cm³/mol. The third-order valence-corrected chi connectivity index (χ3v) is 3.63. The number of amides is 2. The lowest BCUT2D eigenvalue weighted by Crippen LogP contribution is -2.29. The van der Waals surface area contributed by atoms with Crippen LogP contribution in [0, 0.1) is 23.3 Å². The Kier molecular flexibility index (Phi) is 6.70. The Morgan fingerprint density at radius 3 is 1.81 bits per heavy atom. The molecule has 0 spiro atoms. The molecule has 4 nitrogen and oxygen atoms in total. The van der Waals surface area contributed by atoms with Crippen molar-refractivity contribution >= 4 is 11.8 Å². The van der Waals surface area contributed by atoms with Crippen LogP contribution in [0.2, 0.25) is 0 Å². The van der Waals surface area contributed by atoms with Gasteiger partial charge < -0.3 is 10.6 Å². The van der Waals surface area contributed by atoms with Gasteiger partial charge >= 0.3 is 0 Å². The molecule has 0 aromatic heterocycles. The molecule has 2 rings (SSSR count). The van der Waals surface area contributed by atoms with Crippen LogP contribution in [0.4, 0.5) is 17.6 Å². The average Bonchev–Trinajstić information content (AvgIpc) is 2.62. The summed E-state index contributed by atoms with van der Waals surface area (Å²) in [5, 5.41) is 4.67. The summed E-state index contributed by atoms with van der Waals surface area (Å²) < 4.78 is 53.1. The Hall–Kier alpha value is -3.16. The predicted octanol–water partition coefficient (Wildman–Crippen LogP) is 3.12. The molecule has 0 radical (unpaired) electrons. The number of hydrogen-bond acceptors (Lipinski definition) is 2. The summed E-state index contributed by atoms with van der Waals surface area (Å²) >= 11 is 0. The van der Waals surface area contributed by atoms with Gasteiger partial charge in [-0.1, -0.05) is 6.58 Å². The summed E-state index contributed by atoms with van der Waals surface area (Å²) in [6, 6.07) is 5.67. The molecular weight excluding hydrogens is 364 g/mol. The minimum absolute atomic E-state index is 0.0417. The fourth-order valence-corrected chi connectivity index (χ4v) is 2.19. The van der Waals surface area contributed by atoms with Crippen LogP contribution in [0.5, 0.6) is 0 Å². The van der Waals surface area contributed by atoms with Crippen molar-refractivity contribution in [1.82, 2.24) is 10.6 Å². The van der Waals surface area contributed by atoms with E-state index in [2.05, 4.69) is 17.2 Å². The summed E-state index contributed by atoms with van der Waals surface area (Å²) in [4.78, 5) is 23.7. The SMILES string of the molecule is C=C(CC(=O)NCc1cc(F)ccc1F)C(=O)NCc1cc(F)ccc1F. The number of carbonyl (C=O) groups is 2. The maximum Gasteiger partial charge on any atom is 0.247 e. The van der Waals surface area contributed by atoms with Gasteiger partial charge in [0.1, 0.15) is 23.3 Å². The molecule has 0 saturated heterocycles. The lowest BCUT2D eigenvalue weighted by Gasteiger charge is -2.10. The van der Waals surface area contributed by atoms with Crippen LogP contribution in [-0.2, 0) is 22.7 Å². The van der Waals surface area contributed by atoms with Gasteiger partial charge in [0.2, 0.25) is 11.8 Å². The van der Waals surface area contributed by atoms with Crippen molar-refractivity contribution in [3.63, 3.8) is 0 Å². The molecule has 0 fully saturated rings. The quantitative estimate of drug-likeness (QED) is 0.573. The van der Waals surface area contributed by atoms with E-state index in [1.165, 1.54) is 0 Å². The van der Waals surface area contributed by atoms with Gasteiger partial charge in [-0.25, -0.2) is 17.6 Å². The van der Waals surface area contributed by atoms with Crippen LogP contribution in [-0.4, -0.2) is 11.8 Å². The Bertz CT molecular complexity index is 884. The van der Waals surface area contributed by atoms with Crippen molar-refractivity contribution in [3.05, 3.63) is 82.9 Å². The zero-order chi connectivity index (χ0) is 20.0. The minimum atomic E-state index is -0.717. The highest BCUT2D eigenvalue weighted by molar-refractivity contribution is 5.98. The fraction of sp³-hybridized carbons (Fsp3) is 0.158. The zero-order valence-corrected chi connectivity index (χ0v) is 14.1. The van der Waals surface area contributed by atoms with E-state index in [9.17, 15) is 27.2 Å². The molecule has 0 aliphatic rings. The van der Waals surface area contributed by atoms with E-state index in [1.54, 1.807) is 0 Å². The van der Waals surface area contributed by atoms with E-state index >= 15 is 0 Å². The van der Waals surface area contributed by atoms with Gasteiger partial charge in [0.05, 0.1) is 6.42 Å². The van der Waals surface area contributed by atoms with Crippen molar-refractivity contribution in [2.24, 2.45) is 0 Å². The molecule has 2 amide bonds. The number of halogens is 4. The molecule has 0 unspecified atom stereocenters. The summed E-state index contributed by atoms with van der Waals surface area (Å²) in [6.07, 6.45) is -0.394. The molecule has 0 heterocycles. The molecule has 0 atom stereocenters. The maximum atomic E-state index is 13.5. The zero-order valence-electron chi connectivity index (χ0n) is 14.1. The van der Waals surface area contributed by atoms with Crippen LogP contribution in [0.3, 0.4) is 0 Å². The second-order valence-corrected chi connectivity index (χ2v) is 5.71. The standard InChI is InChI=1S/C19H16F4N2O2/c1-11(19(27)25-10-13-8-15(21)3-5-17(13)23)6-18(26)24-9-12-7-14(20)2-4-16(12)22/h2-5,7-8H,1,6,9-10H2,(H,24,26)(H,25,27). The van der Waals surface area contributed by atoms with Crippen molar-refractivity contribution in [3.8, 4) is 0 Å². The van der Waals surface area contributed by atoms with Crippen LogP contribution in [0.15, 0.2) is 48.6 Å². The van der Waals surface area contributed by atoms with Crippen LogP contribution < -0.4 is 10.6 Å². The first-order chi connectivity index (χ1) is 12.8. The highest BCUT2D eigenvalue weighted by Crippen LogP contribution is 2.11. The van der Waals surface area contributed by atoms with Gasteiger partial charge in [0, 0.05) is 29.8 Å². The van der Waals surface area contributed by atoms with Gasteiger partial charge in [-0.05, 0) is 36.4 Å². The lowest BCUT2D eigenvalue weighted by molar-refractivity contribution is -0.123. The first-order valence-corrected chi connectivity index (χ1v) is 7.87. The van der Waals surface area contributed by atoms with Crippen LogP contribution in [0.1, 0.15) is 17.5 Å². The molecular formula is C19H16F4N2O2. The number of benzene rings is 2. The molecule has 2 aromatic carbocycles. The number of hydrogen-bond donors (Lipinski definition) is 2. The third kappa shape index (κ3) is 5.95. The summed E-state index contributed by atoms with van der Waals surface area (Å²) in [5.41, 5.74) is -0.216. The fourth-order valence-electron chi connectivity index (χ4n) is 2.19. The molecule has 2 N–H and O–H groups in total. The number of rotatable bonds is 7. The molecule has 142 valence electrons. The van der Waals surface area contributed by atoms with E-state index < -0.39 is 41.5 Å². The lowest BCUT2D eigenvalue weighted by atomic mass is 10.1. The van der Waals surface area contributed by atoms with E-state index in [1.807, 2.05) is 0 Å². The highest BCUT2D eigenvalue weighted by atomic mass is 19.1. The Labute approximate surface area is 152 Å². The smallest absolute Gasteiger partial charge is 0.247 e. The van der Waals surface area contributed by atoms with Gasteiger partial charge in [-0.15, -0.1) is 0 Å². The topological polar surface area (TPSA) is 58.2 Å². The molecule has 8 heteroatoms. The van der Waals surface area contributed by atoms with Gasteiger partial charge in [-0.3, -0.25) is 9.59 Å².